The summed E-state index contributed by atoms with van der Waals surface area (Å²) in [5, 5.41) is 2.16. The van der Waals surface area contributed by atoms with Gasteiger partial charge in [0.1, 0.15) is 0 Å². The second-order valence-corrected chi connectivity index (χ2v) is 8.10. The van der Waals surface area contributed by atoms with E-state index in [2.05, 4.69) is 45.4 Å². The van der Waals surface area contributed by atoms with Crippen LogP contribution in [-0.4, -0.2) is 18.5 Å². The van der Waals surface area contributed by atoms with Gasteiger partial charge in [0.15, 0.2) is 0 Å². The Balaban J connectivity index is 2.08. The molecule has 0 aromatic carbocycles. The van der Waals surface area contributed by atoms with E-state index in [1.807, 2.05) is 6.07 Å². The lowest BCUT2D eigenvalue weighted by atomic mass is 10.2. The molecule has 1 atom stereocenters. The topological polar surface area (TPSA) is 29.3 Å². The van der Waals surface area contributed by atoms with Crippen molar-refractivity contribution in [1.29, 1.82) is 0 Å². The highest BCUT2D eigenvalue weighted by Crippen LogP contribution is 2.31. The smallest absolute Gasteiger partial charge is 0.0931 e. The maximum Gasteiger partial charge on any atom is 0.0931 e. The predicted molar refractivity (Wildman–Crippen MR) is 84.6 cm³/mol. The van der Waals surface area contributed by atoms with Gasteiger partial charge in [-0.2, -0.15) is 0 Å². The van der Waals surface area contributed by atoms with Crippen LogP contribution in [0.4, 0.5) is 0 Å². The molecule has 2 nitrogen and oxygen atoms in total. The molecule has 2 aromatic heterocycles. The highest BCUT2D eigenvalue weighted by molar-refractivity contribution is 9.11. The third-order valence-corrected chi connectivity index (χ3v) is 5.62. The van der Waals surface area contributed by atoms with Crippen LogP contribution in [0.1, 0.15) is 16.5 Å². The summed E-state index contributed by atoms with van der Waals surface area (Å²) in [7, 11) is 2.09. The van der Waals surface area contributed by atoms with Crippen molar-refractivity contribution in [3.63, 3.8) is 0 Å². The Kier molecular flexibility index (Phi) is 5.24. The van der Waals surface area contributed by atoms with Crippen molar-refractivity contribution < 1.29 is 0 Å². The lowest BCUT2D eigenvalue weighted by molar-refractivity contribution is 0.245. The van der Waals surface area contributed by atoms with Crippen LogP contribution in [0.3, 0.4) is 0 Å². The first-order valence-electron chi connectivity index (χ1n) is 5.48. The largest absolute Gasteiger partial charge is 0.329 e. The molecule has 0 aliphatic heterocycles. The normalized spacial score (nSPS) is 13.2. The van der Waals surface area contributed by atoms with E-state index in [0.29, 0.717) is 6.54 Å². The highest BCUT2D eigenvalue weighted by atomic mass is 79.9. The van der Waals surface area contributed by atoms with E-state index < -0.39 is 0 Å². The molecule has 1 unspecified atom stereocenters. The van der Waals surface area contributed by atoms with Crippen molar-refractivity contribution in [3.8, 4) is 0 Å². The average Bonchev–Trinajstić information content (AvgIpc) is 2.89. The molecule has 2 N–H and O–H groups in total. The van der Waals surface area contributed by atoms with Crippen LogP contribution in [0, 0.1) is 0 Å². The van der Waals surface area contributed by atoms with Gasteiger partial charge in [-0.15, -0.1) is 22.7 Å². The number of thiophene rings is 2. The van der Waals surface area contributed by atoms with E-state index in [-0.39, 0.29) is 6.04 Å². The SMILES string of the molecule is CN(Cc1csc(Br)c1)C(CN)c1ccc(Cl)s1. The van der Waals surface area contributed by atoms with E-state index >= 15 is 0 Å². The minimum atomic E-state index is 0.223. The first kappa shape index (κ1) is 14.5. The van der Waals surface area contributed by atoms with E-state index in [1.165, 1.54) is 10.4 Å². The number of likely N-dealkylation sites (N-methyl/N-ethyl adjacent to an activating group) is 1. The van der Waals surface area contributed by atoms with Crippen LogP contribution in [-0.2, 0) is 6.54 Å². The Morgan fingerprint density at radius 3 is 2.78 bits per heavy atom. The van der Waals surface area contributed by atoms with E-state index in [4.69, 9.17) is 17.3 Å². The molecule has 0 saturated heterocycles. The zero-order valence-electron chi connectivity index (χ0n) is 9.90. The summed E-state index contributed by atoms with van der Waals surface area (Å²) in [5.41, 5.74) is 7.19. The van der Waals surface area contributed by atoms with E-state index in [0.717, 1.165) is 14.7 Å². The van der Waals surface area contributed by atoms with Gasteiger partial charge in [-0.25, -0.2) is 0 Å². The van der Waals surface area contributed by atoms with Crippen molar-refractivity contribution in [2.75, 3.05) is 13.6 Å². The van der Waals surface area contributed by atoms with Gasteiger partial charge >= 0.3 is 0 Å². The zero-order valence-corrected chi connectivity index (χ0v) is 13.9. The minimum absolute atomic E-state index is 0.223. The monoisotopic (exact) mass is 364 g/mol. The molecule has 0 aliphatic carbocycles. The van der Waals surface area contributed by atoms with Gasteiger partial charge in [-0.1, -0.05) is 11.6 Å². The number of nitrogens with zero attached hydrogens (tertiary/aromatic N) is 1. The second-order valence-electron chi connectivity index (χ2n) is 4.07. The molecule has 2 heterocycles. The summed E-state index contributed by atoms with van der Waals surface area (Å²) < 4.78 is 1.98. The van der Waals surface area contributed by atoms with Crippen LogP contribution in [0.15, 0.2) is 27.4 Å². The van der Waals surface area contributed by atoms with Crippen molar-refractivity contribution in [3.05, 3.63) is 42.1 Å². The molecular weight excluding hydrogens is 352 g/mol. The van der Waals surface area contributed by atoms with E-state index in [1.54, 1.807) is 22.7 Å². The maximum atomic E-state index is 5.98. The molecule has 0 bridgehead atoms. The molecule has 6 heteroatoms. The second kappa shape index (κ2) is 6.50. The molecule has 0 spiro atoms. The molecule has 0 radical (unpaired) electrons. The van der Waals surface area contributed by atoms with Crippen LogP contribution < -0.4 is 5.73 Å². The number of nitrogens with two attached hydrogens (primary N) is 1. The number of halogens is 2. The summed E-state index contributed by atoms with van der Waals surface area (Å²) in [5.74, 6) is 0. The van der Waals surface area contributed by atoms with Crippen molar-refractivity contribution in [2.24, 2.45) is 5.73 Å². The van der Waals surface area contributed by atoms with Crippen LogP contribution >= 0.6 is 50.2 Å². The standard InChI is InChI=1S/C12H14BrClN2S2/c1-16(6-8-4-11(13)17-7-8)9(5-15)10-2-3-12(14)18-10/h2-4,7,9H,5-6,15H2,1H3. The summed E-state index contributed by atoms with van der Waals surface area (Å²) in [6, 6.07) is 6.36. The van der Waals surface area contributed by atoms with Gasteiger partial charge in [0.05, 0.1) is 14.2 Å². The summed E-state index contributed by atoms with van der Waals surface area (Å²) in [4.78, 5) is 3.48. The molecule has 98 valence electrons. The zero-order chi connectivity index (χ0) is 13.1. The third-order valence-electron chi connectivity index (χ3n) is 2.73. The molecule has 2 rings (SSSR count). The number of hydrogen-bond donors (Lipinski definition) is 1. The summed E-state index contributed by atoms with van der Waals surface area (Å²) >= 11 is 12.8. The van der Waals surface area contributed by atoms with E-state index in [9.17, 15) is 0 Å². The highest BCUT2D eigenvalue weighted by Gasteiger charge is 2.17. The Hall–Kier alpha value is 0.0900. The fraction of sp³-hybridized carbons (Fsp3) is 0.333. The van der Waals surface area contributed by atoms with Crippen LogP contribution in [0.25, 0.3) is 0 Å². The number of hydrogen-bond acceptors (Lipinski definition) is 4. The fourth-order valence-electron chi connectivity index (χ4n) is 1.85. The first-order valence-corrected chi connectivity index (χ1v) is 8.35. The fourth-order valence-corrected chi connectivity index (χ4v) is 4.29. The third kappa shape index (κ3) is 3.56. The Labute approximate surface area is 128 Å². The molecule has 2 aromatic rings. The van der Waals surface area contributed by atoms with Gasteiger partial charge in [-0.3, -0.25) is 4.90 Å². The lowest BCUT2D eigenvalue weighted by Gasteiger charge is -2.25. The molecule has 0 aliphatic rings. The quantitative estimate of drug-likeness (QED) is 0.853. The van der Waals surface area contributed by atoms with Crippen LogP contribution in [0.2, 0.25) is 4.34 Å². The predicted octanol–water partition coefficient (Wildman–Crippen LogP) is 4.36. The Morgan fingerprint density at radius 1 is 1.50 bits per heavy atom. The molecule has 0 fully saturated rings. The maximum absolute atomic E-state index is 5.98. The van der Waals surface area contributed by atoms with Crippen molar-refractivity contribution >= 4 is 50.2 Å². The molecule has 0 amide bonds. The average molecular weight is 366 g/mol. The van der Waals surface area contributed by atoms with Crippen molar-refractivity contribution in [2.45, 2.75) is 12.6 Å². The lowest BCUT2D eigenvalue weighted by Crippen LogP contribution is -2.29. The summed E-state index contributed by atoms with van der Waals surface area (Å²) in [6.45, 7) is 1.48. The molecular formula is C12H14BrClN2S2. The molecule has 18 heavy (non-hydrogen) atoms. The van der Waals surface area contributed by atoms with Crippen LogP contribution in [0.5, 0.6) is 0 Å². The molecule has 0 saturated carbocycles. The van der Waals surface area contributed by atoms with Gasteiger partial charge in [0, 0.05) is 18.0 Å². The van der Waals surface area contributed by atoms with Gasteiger partial charge < -0.3 is 5.73 Å². The number of rotatable bonds is 5. The Morgan fingerprint density at radius 2 is 2.28 bits per heavy atom. The van der Waals surface area contributed by atoms with Gasteiger partial charge in [0.25, 0.3) is 0 Å². The summed E-state index contributed by atoms with van der Waals surface area (Å²) in [6.07, 6.45) is 0. The first-order chi connectivity index (χ1) is 8.60. The van der Waals surface area contributed by atoms with Crippen molar-refractivity contribution in [1.82, 2.24) is 4.90 Å². The minimum Gasteiger partial charge on any atom is -0.329 e. The Bertz CT molecular complexity index is 512. The van der Waals surface area contributed by atoms with Gasteiger partial charge in [-0.05, 0) is 52.1 Å². The van der Waals surface area contributed by atoms with Gasteiger partial charge in [0.2, 0.25) is 0 Å².